The number of carbonyl (C=O) groups excluding carboxylic acids is 2. The quantitative estimate of drug-likeness (QED) is 0.521. The third-order valence-electron chi connectivity index (χ3n) is 4.23. The Kier molecular flexibility index (Phi) is 6.78. The Morgan fingerprint density at radius 2 is 1.78 bits per heavy atom. The van der Waals surface area contributed by atoms with E-state index in [-0.39, 0.29) is 22.0 Å². The SMILES string of the molecule is CCCNC(=O)c1ccc(NC(=O)c2nnn(-c3ccc(F)cc3)c2C(F)(F)F)cc1Cl. The lowest BCUT2D eigenvalue weighted by molar-refractivity contribution is -0.143. The summed E-state index contributed by atoms with van der Waals surface area (Å²) in [7, 11) is 0. The largest absolute Gasteiger partial charge is 0.435 e. The second-order valence-corrected chi connectivity index (χ2v) is 6.98. The predicted molar refractivity (Wildman–Crippen MR) is 108 cm³/mol. The molecule has 0 saturated carbocycles. The highest BCUT2D eigenvalue weighted by atomic mass is 35.5. The number of nitrogens with one attached hydrogen (secondary N) is 2. The van der Waals surface area contributed by atoms with Crippen molar-refractivity contribution in [1.82, 2.24) is 20.3 Å². The molecule has 2 N–H and O–H groups in total. The van der Waals surface area contributed by atoms with Gasteiger partial charge in [-0.2, -0.15) is 13.2 Å². The number of anilines is 1. The van der Waals surface area contributed by atoms with Crippen molar-refractivity contribution in [1.29, 1.82) is 0 Å². The monoisotopic (exact) mass is 469 g/mol. The molecule has 0 aliphatic heterocycles. The third kappa shape index (κ3) is 5.05. The van der Waals surface area contributed by atoms with Crippen LogP contribution in [-0.2, 0) is 6.18 Å². The first-order valence-electron chi connectivity index (χ1n) is 9.29. The Morgan fingerprint density at radius 1 is 1.09 bits per heavy atom. The van der Waals surface area contributed by atoms with Gasteiger partial charge in [0.15, 0.2) is 11.4 Å². The topological polar surface area (TPSA) is 88.9 Å². The van der Waals surface area contributed by atoms with Crippen LogP contribution in [0.1, 0.15) is 39.9 Å². The van der Waals surface area contributed by atoms with Gasteiger partial charge in [-0.05, 0) is 48.9 Å². The Bertz CT molecular complexity index is 1150. The number of alkyl halides is 3. The molecule has 0 aliphatic rings. The second kappa shape index (κ2) is 9.35. The van der Waals surface area contributed by atoms with Gasteiger partial charge in [-0.3, -0.25) is 9.59 Å². The zero-order valence-corrected chi connectivity index (χ0v) is 17.3. The molecule has 3 rings (SSSR count). The number of amides is 2. The fourth-order valence-electron chi connectivity index (χ4n) is 2.75. The summed E-state index contributed by atoms with van der Waals surface area (Å²) in [6.07, 6.45) is -4.26. The number of hydrogen-bond donors (Lipinski definition) is 2. The molecule has 1 heterocycles. The van der Waals surface area contributed by atoms with Gasteiger partial charge in [0.1, 0.15) is 5.82 Å². The molecule has 12 heteroatoms. The minimum absolute atomic E-state index is 0.00224. The summed E-state index contributed by atoms with van der Waals surface area (Å²) in [5, 5.41) is 11.7. The van der Waals surface area contributed by atoms with Crippen LogP contribution in [0.15, 0.2) is 42.5 Å². The van der Waals surface area contributed by atoms with Gasteiger partial charge in [0.25, 0.3) is 11.8 Å². The summed E-state index contributed by atoms with van der Waals surface area (Å²) in [6.45, 7) is 2.32. The normalized spacial score (nSPS) is 11.3. The highest BCUT2D eigenvalue weighted by molar-refractivity contribution is 6.34. The fourth-order valence-corrected chi connectivity index (χ4v) is 3.02. The van der Waals surface area contributed by atoms with Gasteiger partial charge in [-0.25, -0.2) is 9.07 Å². The molecule has 0 fully saturated rings. The highest BCUT2D eigenvalue weighted by Gasteiger charge is 2.42. The van der Waals surface area contributed by atoms with Gasteiger partial charge < -0.3 is 10.6 Å². The van der Waals surface area contributed by atoms with Gasteiger partial charge in [0.2, 0.25) is 0 Å². The van der Waals surface area contributed by atoms with Crippen LogP contribution in [0.25, 0.3) is 5.69 Å². The first-order valence-corrected chi connectivity index (χ1v) is 9.67. The summed E-state index contributed by atoms with van der Waals surface area (Å²) >= 11 is 6.08. The third-order valence-corrected chi connectivity index (χ3v) is 4.54. The minimum Gasteiger partial charge on any atom is -0.352 e. The molecule has 0 radical (unpaired) electrons. The maximum absolute atomic E-state index is 13.7. The van der Waals surface area contributed by atoms with Gasteiger partial charge >= 0.3 is 6.18 Å². The van der Waals surface area contributed by atoms with E-state index in [2.05, 4.69) is 20.9 Å². The lowest BCUT2D eigenvalue weighted by atomic mass is 10.2. The van der Waals surface area contributed by atoms with Crippen LogP contribution in [0, 0.1) is 5.82 Å². The van der Waals surface area contributed by atoms with Gasteiger partial charge in [0, 0.05) is 12.2 Å². The minimum atomic E-state index is -4.98. The van der Waals surface area contributed by atoms with Gasteiger partial charge in [-0.1, -0.05) is 23.7 Å². The summed E-state index contributed by atoms with van der Waals surface area (Å²) in [5.41, 5.74) is -2.34. The van der Waals surface area contributed by atoms with Gasteiger partial charge in [0.05, 0.1) is 16.3 Å². The van der Waals surface area contributed by atoms with Gasteiger partial charge in [-0.15, -0.1) is 5.10 Å². The molecular formula is C20H16ClF4N5O2. The number of rotatable bonds is 6. The van der Waals surface area contributed by atoms with Crippen LogP contribution < -0.4 is 10.6 Å². The molecule has 7 nitrogen and oxygen atoms in total. The molecule has 0 saturated heterocycles. The van der Waals surface area contributed by atoms with Crippen molar-refractivity contribution in [2.45, 2.75) is 19.5 Å². The van der Waals surface area contributed by atoms with Crippen LogP contribution in [-0.4, -0.2) is 33.4 Å². The number of halogens is 5. The van der Waals surface area contributed by atoms with Crippen molar-refractivity contribution >= 4 is 29.1 Å². The first-order chi connectivity index (χ1) is 15.1. The lowest BCUT2D eigenvalue weighted by Crippen LogP contribution is -2.24. The van der Waals surface area contributed by atoms with Crippen LogP contribution in [0.3, 0.4) is 0 Å². The zero-order chi connectivity index (χ0) is 23.5. The van der Waals surface area contributed by atoms with Crippen molar-refractivity contribution in [3.63, 3.8) is 0 Å². The van der Waals surface area contributed by atoms with E-state index in [9.17, 15) is 27.2 Å². The average molecular weight is 470 g/mol. The van der Waals surface area contributed by atoms with E-state index in [4.69, 9.17) is 11.6 Å². The number of carbonyl (C=O) groups is 2. The molecule has 0 bridgehead atoms. The fraction of sp³-hybridized carbons (Fsp3) is 0.200. The first kappa shape index (κ1) is 23.2. The predicted octanol–water partition coefficient (Wildman–Crippen LogP) is 4.47. The molecule has 0 aliphatic carbocycles. The molecule has 0 atom stereocenters. The second-order valence-electron chi connectivity index (χ2n) is 6.58. The Balaban J connectivity index is 1.89. The Labute approximate surface area is 184 Å². The van der Waals surface area contributed by atoms with E-state index in [0.717, 1.165) is 30.7 Å². The summed E-state index contributed by atoms with van der Waals surface area (Å²) < 4.78 is 54.6. The summed E-state index contributed by atoms with van der Waals surface area (Å²) in [6, 6.07) is 7.95. The van der Waals surface area contributed by atoms with Crippen LogP contribution in [0.4, 0.5) is 23.2 Å². The van der Waals surface area contributed by atoms with Crippen molar-refractivity contribution < 1.29 is 27.2 Å². The highest BCUT2D eigenvalue weighted by Crippen LogP contribution is 2.33. The summed E-state index contributed by atoms with van der Waals surface area (Å²) in [4.78, 5) is 24.6. The molecule has 2 aromatic carbocycles. The molecular weight excluding hydrogens is 454 g/mol. The van der Waals surface area contributed by atoms with Crippen LogP contribution in [0.2, 0.25) is 5.02 Å². The van der Waals surface area contributed by atoms with E-state index in [1.165, 1.54) is 18.2 Å². The van der Waals surface area contributed by atoms with Crippen molar-refractivity contribution in [2.75, 3.05) is 11.9 Å². The Hall–Kier alpha value is -3.47. The lowest BCUT2D eigenvalue weighted by Gasteiger charge is -2.12. The number of hydrogen-bond acceptors (Lipinski definition) is 4. The number of aromatic nitrogens is 3. The van der Waals surface area contributed by atoms with Crippen LogP contribution >= 0.6 is 11.6 Å². The molecule has 2 amide bonds. The zero-order valence-electron chi connectivity index (χ0n) is 16.5. The molecule has 0 unspecified atom stereocenters. The molecule has 3 aromatic rings. The van der Waals surface area contributed by atoms with E-state index in [1.54, 1.807) is 0 Å². The van der Waals surface area contributed by atoms with E-state index in [1.807, 2.05) is 6.92 Å². The standard InChI is InChI=1S/C20H16ClF4N5O2/c1-2-9-26-18(31)14-8-5-12(10-15(14)21)27-19(32)16-17(20(23,24)25)30(29-28-16)13-6-3-11(22)4-7-13/h3-8,10H,2,9H2,1H3,(H,26,31)(H,27,32). The average Bonchev–Trinajstić information content (AvgIpc) is 3.18. The van der Waals surface area contributed by atoms with E-state index < -0.39 is 35.2 Å². The molecule has 0 spiro atoms. The Morgan fingerprint density at radius 3 is 2.38 bits per heavy atom. The van der Waals surface area contributed by atoms with Crippen molar-refractivity contribution in [3.8, 4) is 5.69 Å². The maximum Gasteiger partial charge on any atom is 0.435 e. The van der Waals surface area contributed by atoms with E-state index >= 15 is 0 Å². The van der Waals surface area contributed by atoms with Crippen molar-refractivity contribution in [3.05, 3.63) is 70.3 Å². The van der Waals surface area contributed by atoms with E-state index in [0.29, 0.717) is 11.2 Å². The molecule has 32 heavy (non-hydrogen) atoms. The molecule has 168 valence electrons. The molecule has 1 aromatic heterocycles. The van der Waals surface area contributed by atoms with Crippen molar-refractivity contribution in [2.24, 2.45) is 0 Å². The number of benzene rings is 2. The number of nitrogens with zero attached hydrogens (tertiary/aromatic N) is 3. The smallest absolute Gasteiger partial charge is 0.352 e. The van der Waals surface area contributed by atoms with Crippen LogP contribution in [0.5, 0.6) is 0 Å². The summed E-state index contributed by atoms with van der Waals surface area (Å²) in [5.74, 6) is -2.26. The maximum atomic E-state index is 13.7.